The van der Waals surface area contributed by atoms with Crippen molar-refractivity contribution in [2.24, 2.45) is 0 Å². The van der Waals surface area contributed by atoms with E-state index in [1.807, 2.05) is 18.2 Å². The van der Waals surface area contributed by atoms with E-state index < -0.39 is 0 Å². The molecule has 3 heterocycles. The Morgan fingerprint density at radius 3 is 2.84 bits per heavy atom. The Hall–Kier alpha value is -2.57. The monoisotopic (exact) mass is 435 g/mol. The van der Waals surface area contributed by atoms with E-state index in [1.165, 1.54) is 36.1 Å². The summed E-state index contributed by atoms with van der Waals surface area (Å²) in [7, 11) is 1.66. The van der Waals surface area contributed by atoms with Gasteiger partial charge in [-0.2, -0.15) is 0 Å². The Morgan fingerprint density at radius 1 is 1.16 bits per heavy atom. The molecule has 1 aromatic carbocycles. The molecule has 1 saturated heterocycles. The summed E-state index contributed by atoms with van der Waals surface area (Å²) in [4.78, 5) is 19.0. The Morgan fingerprint density at radius 2 is 2.00 bits per heavy atom. The van der Waals surface area contributed by atoms with Gasteiger partial charge in [-0.25, -0.2) is 0 Å². The number of aryl methyl sites for hydroxylation is 1. The van der Waals surface area contributed by atoms with Crippen LogP contribution in [0.3, 0.4) is 0 Å². The van der Waals surface area contributed by atoms with E-state index >= 15 is 0 Å². The lowest BCUT2D eigenvalue weighted by atomic mass is 9.98. The molecule has 0 radical (unpaired) electrons. The van der Waals surface area contributed by atoms with Crippen LogP contribution in [0.15, 0.2) is 18.2 Å². The van der Waals surface area contributed by atoms with Gasteiger partial charge < -0.3 is 19.8 Å². The number of carbonyl (C=O) groups is 1. The average Bonchev–Trinajstić information content (AvgIpc) is 3.19. The summed E-state index contributed by atoms with van der Waals surface area (Å²) in [6, 6.07) is 5.75. The lowest BCUT2D eigenvalue weighted by molar-refractivity contribution is -0.110. The van der Waals surface area contributed by atoms with Crippen molar-refractivity contribution in [3.63, 3.8) is 0 Å². The number of H-pyrrole nitrogens is 1. The summed E-state index contributed by atoms with van der Waals surface area (Å²) in [6.07, 6.45) is 10.2. The minimum Gasteiger partial charge on any atom is -0.497 e. The van der Waals surface area contributed by atoms with Crippen molar-refractivity contribution in [1.82, 2.24) is 9.88 Å². The van der Waals surface area contributed by atoms with Crippen LogP contribution in [-0.4, -0.2) is 55.7 Å². The van der Waals surface area contributed by atoms with Gasteiger partial charge in [0.15, 0.2) is 0 Å². The van der Waals surface area contributed by atoms with Gasteiger partial charge in [0.1, 0.15) is 5.75 Å². The number of anilines is 1. The molecule has 2 N–H and O–H groups in total. The van der Waals surface area contributed by atoms with E-state index in [1.54, 1.807) is 7.11 Å². The van der Waals surface area contributed by atoms with E-state index in [0.717, 1.165) is 81.2 Å². The van der Waals surface area contributed by atoms with Gasteiger partial charge in [0, 0.05) is 35.7 Å². The number of aromatic amines is 1. The predicted molar refractivity (Wildman–Crippen MR) is 127 cm³/mol. The molecule has 6 nitrogen and oxygen atoms in total. The summed E-state index contributed by atoms with van der Waals surface area (Å²) in [6.45, 7) is 4.84. The highest BCUT2D eigenvalue weighted by Gasteiger charge is 2.26. The maximum Gasteiger partial charge on any atom is 0.256 e. The van der Waals surface area contributed by atoms with Crippen LogP contribution in [0, 0.1) is 0 Å². The Labute approximate surface area is 190 Å². The van der Waals surface area contributed by atoms with Gasteiger partial charge in [0.05, 0.1) is 25.9 Å². The SMILES string of the molecule is COc1ccc2c(c1)/C(=C/c1[nH]c3c(c1CCCN1CCOCC1)CCCCC3)C(=O)N2. The third kappa shape index (κ3) is 4.34. The number of rotatable bonds is 6. The third-order valence-electron chi connectivity index (χ3n) is 7.00. The quantitative estimate of drug-likeness (QED) is 0.531. The Bertz CT molecular complexity index is 1020. The van der Waals surface area contributed by atoms with Crippen molar-refractivity contribution >= 4 is 23.2 Å². The molecule has 0 saturated carbocycles. The van der Waals surface area contributed by atoms with E-state index in [4.69, 9.17) is 9.47 Å². The number of amides is 1. The number of carbonyl (C=O) groups excluding carboxylic acids is 1. The fourth-order valence-electron chi connectivity index (χ4n) is 5.25. The van der Waals surface area contributed by atoms with Gasteiger partial charge in [-0.15, -0.1) is 0 Å². The molecule has 0 spiro atoms. The van der Waals surface area contributed by atoms with Crippen molar-refractivity contribution in [3.05, 3.63) is 46.3 Å². The van der Waals surface area contributed by atoms with Crippen LogP contribution < -0.4 is 10.1 Å². The second-order valence-electron chi connectivity index (χ2n) is 9.02. The van der Waals surface area contributed by atoms with Crippen LogP contribution in [0.1, 0.15) is 53.8 Å². The first-order chi connectivity index (χ1) is 15.7. The molecular formula is C26H33N3O3. The minimum absolute atomic E-state index is 0.0442. The third-order valence-corrected chi connectivity index (χ3v) is 7.00. The predicted octanol–water partition coefficient (Wildman–Crippen LogP) is 4.05. The minimum atomic E-state index is -0.0442. The molecule has 0 atom stereocenters. The molecule has 3 aliphatic rings. The van der Waals surface area contributed by atoms with Crippen molar-refractivity contribution in [2.45, 2.75) is 44.9 Å². The van der Waals surface area contributed by atoms with Gasteiger partial charge in [-0.05, 0) is 80.5 Å². The smallest absolute Gasteiger partial charge is 0.256 e. The maximum absolute atomic E-state index is 12.8. The topological polar surface area (TPSA) is 66.6 Å². The van der Waals surface area contributed by atoms with Crippen LogP contribution in [0.2, 0.25) is 0 Å². The number of ether oxygens (including phenoxy) is 2. The molecule has 32 heavy (non-hydrogen) atoms. The fourth-order valence-corrected chi connectivity index (χ4v) is 5.25. The zero-order valence-electron chi connectivity index (χ0n) is 19.0. The zero-order valence-corrected chi connectivity index (χ0v) is 19.0. The number of methoxy groups -OCH3 is 1. The molecule has 170 valence electrons. The van der Waals surface area contributed by atoms with Crippen molar-refractivity contribution in [1.29, 1.82) is 0 Å². The van der Waals surface area contributed by atoms with E-state index in [0.29, 0.717) is 5.57 Å². The highest BCUT2D eigenvalue weighted by atomic mass is 16.5. The van der Waals surface area contributed by atoms with Crippen LogP contribution in [-0.2, 0) is 28.8 Å². The van der Waals surface area contributed by atoms with E-state index in [9.17, 15) is 4.79 Å². The standard InChI is InChI=1S/C26H33N3O3/c1-31-18-9-10-24-21(16-18)22(26(30)28-24)17-25-20(7-5-11-29-12-14-32-15-13-29)19-6-3-2-4-8-23(19)27-25/h9-10,16-17,27H,2-8,11-15H2,1H3,(H,28,30)/b22-17-. The second kappa shape index (κ2) is 9.51. The maximum atomic E-state index is 12.8. The summed E-state index contributed by atoms with van der Waals surface area (Å²) in [5, 5.41) is 3.00. The molecule has 1 aliphatic carbocycles. The number of nitrogens with zero attached hydrogens (tertiary/aromatic N) is 1. The van der Waals surface area contributed by atoms with Crippen molar-refractivity contribution in [2.75, 3.05) is 45.3 Å². The van der Waals surface area contributed by atoms with Crippen molar-refractivity contribution < 1.29 is 14.3 Å². The normalized spacial score (nSPS) is 20.0. The molecule has 0 unspecified atom stereocenters. The van der Waals surface area contributed by atoms with Crippen LogP contribution in [0.25, 0.3) is 11.6 Å². The number of hydrogen-bond donors (Lipinski definition) is 2. The highest BCUT2D eigenvalue weighted by molar-refractivity contribution is 6.35. The average molecular weight is 436 g/mol. The summed E-state index contributed by atoms with van der Waals surface area (Å²) < 4.78 is 10.9. The Kier molecular flexibility index (Phi) is 6.32. The van der Waals surface area contributed by atoms with Gasteiger partial charge in [0.2, 0.25) is 0 Å². The zero-order chi connectivity index (χ0) is 21.9. The van der Waals surface area contributed by atoms with Crippen LogP contribution in [0.4, 0.5) is 5.69 Å². The molecular weight excluding hydrogens is 402 g/mol. The number of morpholine rings is 1. The molecule has 2 aliphatic heterocycles. The molecule has 0 bridgehead atoms. The number of benzene rings is 1. The lowest BCUT2D eigenvalue weighted by Crippen LogP contribution is -2.37. The molecule has 2 aromatic rings. The largest absolute Gasteiger partial charge is 0.497 e. The van der Waals surface area contributed by atoms with Gasteiger partial charge >= 0.3 is 0 Å². The molecule has 6 heteroatoms. The summed E-state index contributed by atoms with van der Waals surface area (Å²) in [5.41, 5.74) is 7.87. The molecule has 1 fully saturated rings. The van der Waals surface area contributed by atoms with Gasteiger partial charge in [-0.1, -0.05) is 6.42 Å². The second-order valence-corrected chi connectivity index (χ2v) is 9.02. The van der Waals surface area contributed by atoms with E-state index in [2.05, 4.69) is 21.3 Å². The van der Waals surface area contributed by atoms with Gasteiger partial charge in [-0.3, -0.25) is 9.69 Å². The first-order valence-corrected chi connectivity index (χ1v) is 12.0. The summed E-state index contributed by atoms with van der Waals surface area (Å²) in [5.74, 6) is 0.719. The van der Waals surface area contributed by atoms with Crippen molar-refractivity contribution in [3.8, 4) is 5.75 Å². The first kappa shape index (κ1) is 21.3. The lowest BCUT2D eigenvalue weighted by Gasteiger charge is -2.26. The first-order valence-electron chi connectivity index (χ1n) is 12.0. The summed E-state index contributed by atoms with van der Waals surface area (Å²) >= 11 is 0. The fraction of sp³-hybridized carbons (Fsp3) is 0.500. The van der Waals surface area contributed by atoms with Gasteiger partial charge in [0.25, 0.3) is 5.91 Å². The molecule has 5 rings (SSSR count). The number of aromatic nitrogens is 1. The number of fused-ring (bicyclic) bond motifs is 2. The van der Waals surface area contributed by atoms with Crippen LogP contribution in [0.5, 0.6) is 5.75 Å². The van der Waals surface area contributed by atoms with E-state index in [-0.39, 0.29) is 5.91 Å². The Balaban J connectivity index is 1.45. The number of nitrogens with one attached hydrogen (secondary N) is 2. The van der Waals surface area contributed by atoms with Crippen LogP contribution >= 0.6 is 0 Å². The molecule has 1 aromatic heterocycles. The number of hydrogen-bond acceptors (Lipinski definition) is 4. The highest BCUT2D eigenvalue weighted by Crippen LogP contribution is 2.37. The molecule has 1 amide bonds.